The molecule has 7 nitrogen and oxygen atoms in total. The summed E-state index contributed by atoms with van der Waals surface area (Å²) in [4.78, 5) is 23.1. The second-order valence-electron chi connectivity index (χ2n) is 6.60. The Labute approximate surface area is 135 Å². The number of carbonyl (C=O) groups is 1. The molecule has 2 aromatic rings. The number of hydrogen-bond acceptors (Lipinski definition) is 4. The van der Waals surface area contributed by atoms with Crippen LogP contribution in [0.3, 0.4) is 0 Å². The van der Waals surface area contributed by atoms with E-state index < -0.39 is 0 Å². The van der Waals surface area contributed by atoms with Gasteiger partial charge in [0.2, 0.25) is 5.91 Å². The zero-order chi connectivity index (χ0) is 15.6. The van der Waals surface area contributed by atoms with Gasteiger partial charge in [0.15, 0.2) is 0 Å². The van der Waals surface area contributed by atoms with Crippen molar-refractivity contribution in [3.63, 3.8) is 0 Å². The molecule has 1 aliphatic heterocycles. The van der Waals surface area contributed by atoms with E-state index in [0.29, 0.717) is 31.3 Å². The third-order valence-corrected chi connectivity index (χ3v) is 4.93. The number of imidazole rings is 1. The first-order valence-electron chi connectivity index (χ1n) is 8.43. The summed E-state index contributed by atoms with van der Waals surface area (Å²) in [5.41, 5.74) is 0.968. The van der Waals surface area contributed by atoms with Gasteiger partial charge in [0.25, 0.3) is 0 Å². The van der Waals surface area contributed by atoms with Gasteiger partial charge in [-0.25, -0.2) is 14.6 Å². The first-order chi connectivity index (χ1) is 11.3. The molecule has 4 rings (SSSR count). The molecule has 1 fully saturated rings. The highest BCUT2D eigenvalue weighted by Crippen LogP contribution is 2.28. The highest BCUT2D eigenvalue weighted by Gasteiger charge is 2.26. The topological polar surface area (TPSA) is 68.8 Å². The number of aromatic nitrogens is 5. The van der Waals surface area contributed by atoms with E-state index in [4.69, 9.17) is 0 Å². The summed E-state index contributed by atoms with van der Waals surface area (Å²) in [6, 6.07) is 0. The first-order valence-corrected chi connectivity index (χ1v) is 8.43. The lowest BCUT2D eigenvalue weighted by molar-refractivity contribution is -0.133. The van der Waals surface area contributed by atoms with Gasteiger partial charge in [0, 0.05) is 25.7 Å². The molecule has 1 saturated carbocycles. The Balaban J connectivity index is 1.40. The molecule has 0 bridgehead atoms. The van der Waals surface area contributed by atoms with E-state index in [9.17, 15) is 4.79 Å². The Morgan fingerprint density at radius 3 is 2.91 bits per heavy atom. The second-order valence-corrected chi connectivity index (χ2v) is 6.60. The van der Waals surface area contributed by atoms with Gasteiger partial charge in [-0.3, -0.25) is 4.79 Å². The molecule has 1 amide bonds. The zero-order valence-electron chi connectivity index (χ0n) is 13.3. The molecule has 0 spiro atoms. The van der Waals surface area contributed by atoms with Crippen LogP contribution >= 0.6 is 0 Å². The Bertz CT molecular complexity index is 671. The molecule has 1 aliphatic carbocycles. The number of carbonyl (C=O) groups excluding carboxylic acids is 1. The average molecular weight is 314 g/mol. The summed E-state index contributed by atoms with van der Waals surface area (Å²) in [6.45, 7) is 2.87. The Kier molecular flexibility index (Phi) is 3.85. The number of amides is 1. The zero-order valence-corrected chi connectivity index (χ0v) is 13.3. The third kappa shape index (κ3) is 3.13. The van der Waals surface area contributed by atoms with E-state index in [0.717, 1.165) is 24.6 Å². The predicted octanol–water partition coefficient (Wildman–Crippen LogP) is 1.45. The average Bonchev–Trinajstić information content (AvgIpc) is 3.27. The smallest absolute Gasteiger partial charge is 0.223 e. The minimum atomic E-state index is 0.295. The van der Waals surface area contributed by atoms with Gasteiger partial charge < -0.3 is 9.47 Å². The minimum Gasteiger partial charge on any atom is -0.333 e. The van der Waals surface area contributed by atoms with Crippen LogP contribution in [0.4, 0.5) is 0 Å². The molecule has 3 heterocycles. The predicted molar refractivity (Wildman–Crippen MR) is 83.3 cm³/mol. The highest BCUT2D eigenvalue weighted by atomic mass is 16.2. The van der Waals surface area contributed by atoms with Gasteiger partial charge in [0.1, 0.15) is 18.5 Å². The lowest BCUT2D eigenvalue weighted by atomic mass is 10.0. The fourth-order valence-electron chi connectivity index (χ4n) is 3.67. The van der Waals surface area contributed by atoms with E-state index in [1.807, 2.05) is 4.90 Å². The van der Waals surface area contributed by atoms with Crippen LogP contribution in [0.2, 0.25) is 0 Å². The molecule has 2 aromatic heterocycles. The van der Waals surface area contributed by atoms with E-state index >= 15 is 0 Å². The van der Waals surface area contributed by atoms with E-state index in [2.05, 4.69) is 25.8 Å². The minimum absolute atomic E-state index is 0.295. The molecule has 2 aliphatic rings. The number of hydrogen-bond donors (Lipinski definition) is 0. The van der Waals surface area contributed by atoms with Gasteiger partial charge in [-0.2, -0.15) is 5.10 Å². The van der Waals surface area contributed by atoms with Crippen molar-refractivity contribution in [3.05, 3.63) is 30.4 Å². The molecule has 0 aromatic carbocycles. The maximum Gasteiger partial charge on any atom is 0.223 e. The van der Waals surface area contributed by atoms with Gasteiger partial charge >= 0.3 is 0 Å². The Morgan fingerprint density at radius 1 is 1.26 bits per heavy atom. The van der Waals surface area contributed by atoms with Crippen LogP contribution in [0, 0.1) is 5.92 Å². The van der Waals surface area contributed by atoms with Crippen LogP contribution in [0.5, 0.6) is 0 Å². The second kappa shape index (κ2) is 6.14. The van der Waals surface area contributed by atoms with Crippen molar-refractivity contribution in [2.75, 3.05) is 6.54 Å². The normalized spacial score (nSPS) is 18.3. The highest BCUT2D eigenvalue weighted by molar-refractivity contribution is 5.76. The van der Waals surface area contributed by atoms with Gasteiger partial charge in [0.05, 0.1) is 18.8 Å². The van der Waals surface area contributed by atoms with Gasteiger partial charge in [-0.15, -0.1) is 0 Å². The first kappa shape index (κ1) is 14.4. The molecular weight excluding hydrogens is 292 g/mol. The van der Waals surface area contributed by atoms with Crippen LogP contribution < -0.4 is 0 Å². The molecule has 122 valence electrons. The van der Waals surface area contributed by atoms with E-state index in [1.54, 1.807) is 11.0 Å². The quantitative estimate of drug-likeness (QED) is 0.856. The lowest BCUT2D eigenvalue weighted by Crippen LogP contribution is -2.38. The standard InChI is InChI=1S/C16H22N6O/c23-16(7-13-3-1-2-4-13)21-6-5-20-8-14(19-15(20)10-21)9-22-12-17-11-18-22/h8,11-13H,1-7,9-10H2. The maximum atomic E-state index is 12.5. The SMILES string of the molecule is O=C(CC1CCCC1)N1CCn2cc(Cn3cncn3)nc2C1. The summed E-state index contributed by atoms with van der Waals surface area (Å²) in [5, 5.41) is 4.11. The number of nitrogens with zero attached hydrogens (tertiary/aromatic N) is 6. The molecule has 0 atom stereocenters. The van der Waals surface area contributed by atoms with E-state index in [1.165, 1.54) is 32.0 Å². The molecule has 0 N–H and O–H groups in total. The molecule has 0 radical (unpaired) electrons. The van der Waals surface area contributed by atoms with Crippen LogP contribution in [0.25, 0.3) is 0 Å². The lowest BCUT2D eigenvalue weighted by Gasteiger charge is -2.28. The molecule has 7 heteroatoms. The van der Waals surface area contributed by atoms with Crippen LogP contribution in [0.1, 0.15) is 43.6 Å². The summed E-state index contributed by atoms with van der Waals surface area (Å²) in [5.74, 6) is 1.88. The fraction of sp³-hybridized carbons (Fsp3) is 0.625. The van der Waals surface area contributed by atoms with Crippen molar-refractivity contribution in [2.24, 2.45) is 5.92 Å². The monoisotopic (exact) mass is 314 g/mol. The Morgan fingerprint density at radius 2 is 2.13 bits per heavy atom. The molecule has 0 unspecified atom stereocenters. The van der Waals surface area contributed by atoms with Crippen molar-refractivity contribution >= 4 is 5.91 Å². The summed E-state index contributed by atoms with van der Waals surface area (Å²) in [6.07, 6.45) is 11.0. The van der Waals surface area contributed by atoms with E-state index in [-0.39, 0.29) is 0 Å². The molecular formula is C16H22N6O. The van der Waals surface area contributed by atoms with Crippen LogP contribution in [-0.4, -0.2) is 41.7 Å². The molecule has 0 saturated heterocycles. The molecule has 23 heavy (non-hydrogen) atoms. The van der Waals surface area contributed by atoms with Crippen molar-refractivity contribution in [1.82, 2.24) is 29.2 Å². The summed E-state index contributed by atoms with van der Waals surface area (Å²) < 4.78 is 3.92. The van der Waals surface area contributed by atoms with Crippen LogP contribution in [0.15, 0.2) is 18.9 Å². The van der Waals surface area contributed by atoms with Gasteiger partial charge in [-0.1, -0.05) is 12.8 Å². The largest absolute Gasteiger partial charge is 0.333 e. The van der Waals surface area contributed by atoms with Crippen molar-refractivity contribution in [1.29, 1.82) is 0 Å². The number of fused-ring (bicyclic) bond motifs is 1. The van der Waals surface area contributed by atoms with Crippen LogP contribution in [-0.2, 0) is 24.4 Å². The summed E-state index contributed by atoms with van der Waals surface area (Å²) in [7, 11) is 0. The fourth-order valence-corrected chi connectivity index (χ4v) is 3.67. The maximum absolute atomic E-state index is 12.5. The van der Waals surface area contributed by atoms with Crippen molar-refractivity contribution in [3.8, 4) is 0 Å². The Hall–Kier alpha value is -2.18. The number of rotatable bonds is 4. The summed E-state index contributed by atoms with van der Waals surface area (Å²) >= 11 is 0. The van der Waals surface area contributed by atoms with Crippen molar-refractivity contribution < 1.29 is 4.79 Å². The van der Waals surface area contributed by atoms with Gasteiger partial charge in [-0.05, 0) is 18.8 Å². The third-order valence-electron chi connectivity index (χ3n) is 4.93. The van der Waals surface area contributed by atoms with Crippen molar-refractivity contribution in [2.45, 2.75) is 51.7 Å².